The molecule has 7 heteroatoms. The molecule has 1 aromatic heterocycles. The van der Waals surface area contributed by atoms with Crippen LogP contribution in [0.4, 0.5) is 5.82 Å². The number of aromatic nitrogens is 3. The molecule has 1 aromatic rings. The van der Waals surface area contributed by atoms with Crippen LogP contribution in [0.5, 0.6) is 0 Å². The van der Waals surface area contributed by atoms with Gasteiger partial charge >= 0.3 is 5.82 Å². The summed E-state index contributed by atoms with van der Waals surface area (Å²) in [6, 6.07) is 0. The highest BCUT2D eigenvalue weighted by Gasteiger charge is 2.38. The molecule has 1 aliphatic heterocycles. The van der Waals surface area contributed by atoms with Crippen molar-refractivity contribution in [2.75, 3.05) is 0 Å². The predicted octanol–water partition coefficient (Wildman–Crippen LogP) is 0.104. The number of ether oxygens (including phenoxy) is 1. The van der Waals surface area contributed by atoms with Crippen molar-refractivity contribution in [2.45, 2.75) is 19.3 Å². The van der Waals surface area contributed by atoms with Gasteiger partial charge in [-0.15, -0.1) is 0 Å². The van der Waals surface area contributed by atoms with Crippen LogP contribution in [-0.4, -0.2) is 26.0 Å². The fourth-order valence-corrected chi connectivity index (χ4v) is 0.927. The van der Waals surface area contributed by atoms with Gasteiger partial charge in [-0.3, -0.25) is 0 Å². The molecule has 1 aliphatic rings. The van der Waals surface area contributed by atoms with E-state index in [0.29, 0.717) is 0 Å². The fourth-order valence-electron chi connectivity index (χ4n) is 0.927. The van der Waals surface area contributed by atoms with E-state index in [4.69, 9.17) is 4.74 Å². The van der Waals surface area contributed by atoms with Crippen molar-refractivity contribution in [1.82, 2.24) is 15.0 Å². The van der Waals surface area contributed by atoms with Crippen molar-refractivity contribution < 1.29 is 9.66 Å². The van der Waals surface area contributed by atoms with Gasteiger partial charge in [0.1, 0.15) is 17.4 Å². The van der Waals surface area contributed by atoms with Crippen LogP contribution in [0.3, 0.4) is 0 Å². The lowest BCUT2D eigenvalue weighted by Gasteiger charge is -1.85. The maximum atomic E-state index is 10.2. The number of epoxide rings is 1. The molecule has 0 aromatic carbocycles. The van der Waals surface area contributed by atoms with Gasteiger partial charge < -0.3 is 14.9 Å². The number of rotatable bonds is 2. The SMILES string of the molecule is CC1OC1n1cc([N+](=O)[O-])nn1. The molecule has 1 fully saturated rings. The maximum Gasteiger partial charge on any atom is 0.410 e. The minimum absolute atomic E-state index is 0.0753. The first-order chi connectivity index (χ1) is 5.68. The highest BCUT2D eigenvalue weighted by atomic mass is 16.6. The first-order valence-electron chi connectivity index (χ1n) is 3.40. The molecule has 0 saturated carbocycles. The zero-order valence-electron chi connectivity index (χ0n) is 6.25. The summed E-state index contributed by atoms with van der Waals surface area (Å²) in [7, 11) is 0. The van der Waals surface area contributed by atoms with Crippen LogP contribution in [0, 0.1) is 10.1 Å². The molecule has 7 nitrogen and oxygen atoms in total. The highest BCUT2D eigenvalue weighted by Crippen LogP contribution is 2.32. The molecule has 64 valence electrons. The van der Waals surface area contributed by atoms with Gasteiger partial charge in [-0.05, 0) is 11.8 Å². The van der Waals surface area contributed by atoms with Crippen molar-refractivity contribution in [3.63, 3.8) is 0 Å². The molecule has 0 bridgehead atoms. The summed E-state index contributed by atoms with van der Waals surface area (Å²) in [5.74, 6) is -0.252. The van der Waals surface area contributed by atoms with Gasteiger partial charge in [0.25, 0.3) is 0 Å². The molecule has 0 spiro atoms. The summed E-state index contributed by atoms with van der Waals surface area (Å²) >= 11 is 0. The first-order valence-corrected chi connectivity index (χ1v) is 3.40. The average molecular weight is 170 g/mol. The quantitative estimate of drug-likeness (QED) is 0.357. The number of hydrogen-bond acceptors (Lipinski definition) is 5. The van der Waals surface area contributed by atoms with E-state index < -0.39 is 4.92 Å². The van der Waals surface area contributed by atoms with Gasteiger partial charge in [0.05, 0.1) is 5.21 Å². The van der Waals surface area contributed by atoms with E-state index in [1.807, 2.05) is 6.92 Å². The Balaban J connectivity index is 2.19. The zero-order valence-corrected chi connectivity index (χ0v) is 6.25. The van der Waals surface area contributed by atoms with Crippen molar-refractivity contribution >= 4 is 5.82 Å². The summed E-state index contributed by atoms with van der Waals surface area (Å²) in [6.45, 7) is 1.86. The van der Waals surface area contributed by atoms with Crippen LogP contribution >= 0.6 is 0 Å². The third-order valence-corrected chi connectivity index (χ3v) is 1.63. The molecule has 0 N–H and O–H groups in total. The predicted molar refractivity (Wildman–Crippen MR) is 36.3 cm³/mol. The molecular weight excluding hydrogens is 164 g/mol. The Morgan fingerprint density at radius 1 is 1.83 bits per heavy atom. The van der Waals surface area contributed by atoms with Crippen molar-refractivity contribution in [2.24, 2.45) is 0 Å². The van der Waals surface area contributed by atoms with Crippen LogP contribution in [0.25, 0.3) is 0 Å². The molecule has 0 amide bonds. The van der Waals surface area contributed by atoms with E-state index in [-0.39, 0.29) is 18.1 Å². The van der Waals surface area contributed by atoms with E-state index in [0.717, 1.165) is 0 Å². The second-order valence-electron chi connectivity index (χ2n) is 2.55. The zero-order chi connectivity index (χ0) is 8.72. The van der Waals surface area contributed by atoms with Crippen LogP contribution in [0.2, 0.25) is 0 Å². The Hall–Kier alpha value is -1.50. The lowest BCUT2D eigenvalue weighted by molar-refractivity contribution is -0.389. The largest absolute Gasteiger partial charge is 0.410 e. The van der Waals surface area contributed by atoms with Gasteiger partial charge in [-0.25, -0.2) is 0 Å². The van der Waals surface area contributed by atoms with E-state index in [1.54, 1.807) is 0 Å². The number of hydrogen-bond donors (Lipinski definition) is 0. The highest BCUT2D eigenvalue weighted by molar-refractivity contribution is 5.09. The summed E-state index contributed by atoms with van der Waals surface area (Å²) in [6.07, 6.45) is 1.16. The van der Waals surface area contributed by atoms with Gasteiger partial charge in [0.15, 0.2) is 6.23 Å². The Morgan fingerprint density at radius 2 is 2.50 bits per heavy atom. The Bertz CT molecular complexity index is 322. The molecule has 0 radical (unpaired) electrons. The average Bonchev–Trinajstić information content (AvgIpc) is 2.59. The van der Waals surface area contributed by atoms with Gasteiger partial charge in [-0.2, -0.15) is 4.68 Å². The second kappa shape index (κ2) is 2.24. The summed E-state index contributed by atoms with van der Waals surface area (Å²) < 4.78 is 6.38. The second-order valence-corrected chi connectivity index (χ2v) is 2.55. The lowest BCUT2D eigenvalue weighted by Crippen LogP contribution is -1.97. The lowest BCUT2D eigenvalue weighted by atomic mass is 10.5. The monoisotopic (exact) mass is 170 g/mol. The van der Waals surface area contributed by atoms with Crippen LogP contribution in [0.1, 0.15) is 13.2 Å². The summed E-state index contributed by atoms with van der Waals surface area (Å²) in [5.41, 5.74) is 0. The molecule has 2 unspecified atom stereocenters. The van der Waals surface area contributed by atoms with Crippen LogP contribution in [-0.2, 0) is 4.74 Å². The topological polar surface area (TPSA) is 86.4 Å². The normalized spacial score (nSPS) is 27.1. The molecule has 2 atom stereocenters. The Kier molecular flexibility index (Phi) is 1.34. The Labute approximate surface area is 67.1 Å². The van der Waals surface area contributed by atoms with Crippen LogP contribution < -0.4 is 0 Å². The molecule has 12 heavy (non-hydrogen) atoms. The summed E-state index contributed by atoms with van der Waals surface area (Å²) in [5, 5.41) is 17.1. The minimum atomic E-state index is -0.587. The van der Waals surface area contributed by atoms with Crippen molar-refractivity contribution in [1.29, 1.82) is 0 Å². The standard InChI is InChI=1S/C5H6N4O3/c1-3-5(12-3)8-2-4(6-7-8)9(10)11/h2-3,5H,1H3. The first kappa shape index (κ1) is 7.17. The van der Waals surface area contributed by atoms with Crippen molar-refractivity contribution in [3.8, 4) is 0 Å². The van der Waals surface area contributed by atoms with E-state index in [9.17, 15) is 10.1 Å². The molecule has 1 saturated heterocycles. The van der Waals surface area contributed by atoms with Crippen molar-refractivity contribution in [3.05, 3.63) is 16.3 Å². The molecular formula is C5H6N4O3. The molecule has 2 rings (SSSR count). The maximum absolute atomic E-state index is 10.2. The van der Waals surface area contributed by atoms with E-state index in [2.05, 4.69) is 10.3 Å². The van der Waals surface area contributed by atoms with E-state index >= 15 is 0 Å². The summed E-state index contributed by atoms with van der Waals surface area (Å²) in [4.78, 5) is 9.60. The molecule has 0 aliphatic carbocycles. The number of nitro groups is 1. The fraction of sp³-hybridized carbons (Fsp3) is 0.600. The van der Waals surface area contributed by atoms with Gasteiger partial charge in [0.2, 0.25) is 0 Å². The third-order valence-electron chi connectivity index (χ3n) is 1.63. The van der Waals surface area contributed by atoms with Gasteiger partial charge in [-0.1, -0.05) is 0 Å². The van der Waals surface area contributed by atoms with E-state index in [1.165, 1.54) is 10.9 Å². The van der Waals surface area contributed by atoms with Gasteiger partial charge in [0, 0.05) is 0 Å². The smallest absolute Gasteiger partial charge is 0.358 e. The number of nitrogens with zero attached hydrogens (tertiary/aromatic N) is 4. The van der Waals surface area contributed by atoms with Crippen LogP contribution in [0.15, 0.2) is 6.20 Å². The molecule has 2 heterocycles. The Morgan fingerprint density at radius 3 is 2.92 bits per heavy atom. The third kappa shape index (κ3) is 1.03. The minimum Gasteiger partial charge on any atom is -0.358 e.